The topological polar surface area (TPSA) is 104 Å². The molecule has 2 aliphatic rings. The number of hydrogen-bond acceptors (Lipinski definition) is 6. The molecule has 2 aliphatic heterocycles. The number of aliphatic hydroxyl groups is 1. The van der Waals surface area contributed by atoms with Crippen LogP contribution < -0.4 is 10.6 Å². The Morgan fingerprint density at radius 1 is 0.909 bits per heavy atom. The first-order valence-corrected chi connectivity index (χ1v) is 11.6. The van der Waals surface area contributed by atoms with Crippen molar-refractivity contribution in [2.75, 3.05) is 24.2 Å². The Hall–Kier alpha value is -3.03. The van der Waals surface area contributed by atoms with Crippen LogP contribution in [0, 0.1) is 5.92 Å². The van der Waals surface area contributed by atoms with Gasteiger partial charge in [-0.2, -0.15) is 0 Å². The fourth-order valence-electron chi connectivity index (χ4n) is 5.15. The summed E-state index contributed by atoms with van der Waals surface area (Å²) in [7, 11) is 1.98. The van der Waals surface area contributed by atoms with Crippen molar-refractivity contribution in [1.82, 2.24) is 4.90 Å². The van der Waals surface area contributed by atoms with Crippen LogP contribution in [0.4, 0.5) is 11.4 Å². The molecule has 0 bridgehead atoms. The molecular weight excluding hydrogens is 418 g/mol. The summed E-state index contributed by atoms with van der Waals surface area (Å²) in [6.07, 6.45) is 2.71. The van der Waals surface area contributed by atoms with Crippen molar-refractivity contribution in [2.45, 2.75) is 50.7 Å². The van der Waals surface area contributed by atoms with E-state index in [1.807, 2.05) is 7.05 Å². The summed E-state index contributed by atoms with van der Waals surface area (Å²) in [6, 6.07) is 13.2. The average molecular weight is 450 g/mol. The lowest BCUT2D eigenvalue weighted by molar-refractivity contribution is -0.118. The summed E-state index contributed by atoms with van der Waals surface area (Å²) >= 11 is 0. The van der Waals surface area contributed by atoms with E-state index in [2.05, 4.69) is 4.90 Å². The van der Waals surface area contributed by atoms with Gasteiger partial charge in [-0.05, 0) is 57.5 Å². The molecule has 0 aliphatic carbocycles. The third-order valence-electron chi connectivity index (χ3n) is 6.90. The highest BCUT2D eigenvalue weighted by molar-refractivity contribution is 6.25. The van der Waals surface area contributed by atoms with Crippen molar-refractivity contribution in [2.24, 2.45) is 5.92 Å². The van der Waals surface area contributed by atoms with Crippen LogP contribution in [0.15, 0.2) is 48.5 Å². The number of amides is 2. The number of fused-ring (bicyclic) bond motifs is 1. The van der Waals surface area contributed by atoms with Gasteiger partial charge in [0.1, 0.15) is 0 Å². The van der Waals surface area contributed by atoms with Crippen LogP contribution in [0.25, 0.3) is 0 Å². The van der Waals surface area contributed by atoms with Crippen LogP contribution in [0.1, 0.15) is 59.2 Å². The van der Waals surface area contributed by atoms with E-state index in [0.29, 0.717) is 24.2 Å². The van der Waals surface area contributed by atoms with Crippen molar-refractivity contribution in [3.63, 3.8) is 0 Å². The lowest BCUT2D eigenvalue weighted by atomic mass is 9.79. The molecule has 0 spiro atoms. The number of carbonyl (C=O) groups excluding carboxylic acids is 3. The molecule has 7 nitrogen and oxygen atoms in total. The molecule has 1 saturated heterocycles. The largest absolute Gasteiger partial charge is 0.397 e. The summed E-state index contributed by atoms with van der Waals surface area (Å²) in [5.74, 6) is -1.89. The fraction of sp³-hybridized carbons (Fsp3) is 0.423. The SMILES string of the molecule is CN1CCCCC1C1C(=O)c2ccccc2C(=O)N(c2ccccc2N)C(=O)CCCC1O. The summed E-state index contributed by atoms with van der Waals surface area (Å²) < 4.78 is 0. The first-order valence-electron chi connectivity index (χ1n) is 11.6. The van der Waals surface area contributed by atoms with Crippen molar-refractivity contribution in [3.8, 4) is 0 Å². The number of nitrogens with two attached hydrogens (primary N) is 1. The smallest absolute Gasteiger partial charge is 0.265 e. The second-order valence-corrected chi connectivity index (χ2v) is 9.03. The number of aliphatic hydroxyl groups excluding tert-OH is 1. The molecule has 2 aromatic rings. The minimum atomic E-state index is -0.896. The lowest BCUT2D eigenvalue weighted by Gasteiger charge is -2.39. The van der Waals surface area contributed by atoms with E-state index in [1.165, 1.54) is 0 Å². The summed E-state index contributed by atoms with van der Waals surface area (Å²) in [4.78, 5) is 44.1. The van der Waals surface area contributed by atoms with E-state index >= 15 is 0 Å². The number of nitrogen functional groups attached to an aromatic ring is 1. The molecule has 3 atom stereocenters. The van der Waals surface area contributed by atoms with E-state index in [9.17, 15) is 19.5 Å². The van der Waals surface area contributed by atoms with Gasteiger partial charge >= 0.3 is 0 Å². The number of rotatable bonds is 2. The van der Waals surface area contributed by atoms with E-state index in [4.69, 9.17) is 5.73 Å². The molecule has 0 aromatic heterocycles. The van der Waals surface area contributed by atoms with Crippen LogP contribution in [0.5, 0.6) is 0 Å². The predicted octanol–water partition coefficient (Wildman–Crippen LogP) is 3.27. The maximum absolute atomic E-state index is 13.9. The van der Waals surface area contributed by atoms with Crippen molar-refractivity contribution in [1.29, 1.82) is 0 Å². The highest BCUT2D eigenvalue weighted by atomic mass is 16.3. The van der Waals surface area contributed by atoms with Gasteiger partial charge in [-0.15, -0.1) is 0 Å². The van der Waals surface area contributed by atoms with Gasteiger partial charge in [0.05, 0.1) is 29.0 Å². The molecule has 1 fully saturated rings. The molecule has 0 saturated carbocycles. The second-order valence-electron chi connectivity index (χ2n) is 9.03. The van der Waals surface area contributed by atoms with Crippen molar-refractivity contribution in [3.05, 3.63) is 59.7 Å². The molecule has 33 heavy (non-hydrogen) atoms. The van der Waals surface area contributed by atoms with Gasteiger partial charge in [0.2, 0.25) is 5.91 Å². The molecule has 2 aromatic carbocycles. The number of nitrogens with zero attached hydrogens (tertiary/aromatic N) is 2. The number of piperidine rings is 1. The van der Waals surface area contributed by atoms with Gasteiger partial charge in [0.25, 0.3) is 5.91 Å². The van der Waals surface area contributed by atoms with Crippen LogP contribution in [-0.2, 0) is 4.79 Å². The predicted molar refractivity (Wildman–Crippen MR) is 127 cm³/mol. The van der Waals surface area contributed by atoms with Crippen molar-refractivity contribution >= 4 is 29.0 Å². The minimum absolute atomic E-state index is 0.0702. The van der Waals surface area contributed by atoms with Crippen LogP contribution in [0.2, 0.25) is 0 Å². The molecular formula is C26H31N3O4. The molecule has 3 unspecified atom stereocenters. The maximum atomic E-state index is 13.9. The number of imide groups is 1. The number of carbonyl (C=O) groups is 3. The normalized spacial score (nSPS) is 25.5. The van der Waals surface area contributed by atoms with Crippen LogP contribution >= 0.6 is 0 Å². The van der Waals surface area contributed by atoms with E-state index in [0.717, 1.165) is 30.7 Å². The molecule has 2 heterocycles. The molecule has 2 amide bonds. The fourth-order valence-corrected chi connectivity index (χ4v) is 5.15. The quantitative estimate of drug-likeness (QED) is 0.539. The van der Waals surface area contributed by atoms with Crippen LogP contribution in [0.3, 0.4) is 0 Å². The highest BCUT2D eigenvalue weighted by Crippen LogP contribution is 2.33. The van der Waals surface area contributed by atoms with Gasteiger partial charge in [-0.25, -0.2) is 4.90 Å². The number of hydrogen-bond donors (Lipinski definition) is 2. The monoisotopic (exact) mass is 449 g/mol. The summed E-state index contributed by atoms with van der Waals surface area (Å²) in [5, 5.41) is 11.2. The molecule has 3 N–H and O–H groups in total. The number of ketones is 1. The Balaban J connectivity index is 1.82. The van der Waals surface area contributed by atoms with E-state index in [-0.39, 0.29) is 29.4 Å². The Bertz CT molecular complexity index is 1050. The molecule has 7 heteroatoms. The first-order chi connectivity index (χ1) is 15.9. The van der Waals surface area contributed by atoms with Gasteiger partial charge in [-0.3, -0.25) is 14.4 Å². The highest BCUT2D eigenvalue weighted by Gasteiger charge is 2.40. The molecule has 0 radical (unpaired) electrons. The minimum Gasteiger partial charge on any atom is -0.397 e. The number of Topliss-reactive ketones (excluding diaryl/α,β-unsaturated/α-hetero) is 1. The number of likely N-dealkylation sites (tertiary alicyclic amines) is 1. The number of anilines is 2. The summed E-state index contributed by atoms with van der Waals surface area (Å²) in [6.45, 7) is 0.862. The van der Waals surface area contributed by atoms with Gasteiger partial charge in [-0.1, -0.05) is 36.8 Å². The zero-order valence-corrected chi connectivity index (χ0v) is 18.9. The van der Waals surface area contributed by atoms with Gasteiger partial charge < -0.3 is 15.7 Å². The Kier molecular flexibility index (Phi) is 6.91. The van der Waals surface area contributed by atoms with E-state index in [1.54, 1.807) is 48.5 Å². The van der Waals surface area contributed by atoms with Crippen LogP contribution in [-0.4, -0.2) is 53.3 Å². The standard InChI is InChI=1S/C26H31N3O4/c1-28-16-7-6-13-21(28)24-22(30)14-8-15-23(31)29(20-12-5-4-11-19(20)27)26(33)18-10-3-2-9-17(18)25(24)32/h2-5,9-12,21-22,24,30H,6-8,13-16,27H2,1H3. The third-order valence-corrected chi connectivity index (χ3v) is 6.90. The van der Waals surface area contributed by atoms with Gasteiger partial charge in [0, 0.05) is 18.0 Å². The maximum Gasteiger partial charge on any atom is 0.265 e. The zero-order chi connectivity index (χ0) is 23.5. The Morgan fingerprint density at radius 3 is 2.33 bits per heavy atom. The average Bonchev–Trinajstić information content (AvgIpc) is 2.82. The second kappa shape index (κ2) is 9.85. The number of para-hydroxylation sites is 2. The number of benzene rings is 2. The zero-order valence-electron chi connectivity index (χ0n) is 18.9. The van der Waals surface area contributed by atoms with Gasteiger partial charge in [0.15, 0.2) is 5.78 Å². The Labute approximate surface area is 194 Å². The lowest BCUT2D eigenvalue weighted by Crippen LogP contribution is -2.49. The van der Waals surface area contributed by atoms with E-state index < -0.39 is 23.8 Å². The first kappa shape index (κ1) is 23.1. The summed E-state index contributed by atoms with van der Waals surface area (Å²) in [5.41, 5.74) is 7.11. The third kappa shape index (κ3) is 4.56. The van der Waals surface area contributed by atoms with Crippen molar-refractivity contribution < 1.29 is 19.5 Å². The molecule has 4 rings (SSSR count). The molecule has 174 valence electrons. The Morgan fingerprint density at radius 2 is 1.61 bits per heavy atom.